The molecule has 0 N–H and O–H groups in total. The smallest absolute Gasteiger partial charge is 0.306 e. The minimum Gasteiger partial charge on any atom is -0.463 e. The SMILES string of the molecule is C=C/C=C\C1=C(C=NN(c2ccc(CCC(=O)OCC3CO3)cc2)c2ccc(CCC(=O)OCC3CO3)cc2)C=C=c2c1ccc/c2=C/C=C\C. The normalized spacial score (nSPS) is 17.9. The lowest BCUT2D eigenvalue weighted by atomic mass is 9.93. The van der Waals surface area contributed by atoms with Gasteiger partial charge in [0.1, 0.15) is 25.4 Å². The number of carbonyl (C=O) groups is 2. The lowest BCUT2D eigenvalue weighted by Crippen LogP contribution is -2.28. The second-order valence-electron chi connectivity index (χ2n) is 12.4. The van der Waals surface area contributed by atoms with Crippen molar-refractivity contribution >= 4 is 46.9 Å². The van der Waals surface area contributed by atoms with E-state index in [1.54, 1.807) is 6.08 Å². The maximum absolute atomic E-state index is 12.2. The average molecular weight is 683 g/mol. The molecule has 3 aromatic rings. The molecule has 0 aromatic heterocycles. The van der Waals surface area contributed by atoms with Crippen molar-refractivity contribution in [3.05, 3.63) is 142 Å². The van der Waals surface area contributed by atoms with Crippen molar-refractivity contribution in [3.8, 4) is 0 Å². The van der Waals surface area contributed by atoms with E-state index < -0.39 is 0 Å². The van der Waals surface area contributed by atoms with Gasteiger partial charge in [-0.1, -0.05) is 85.5 Å². The van der Waals surface area contributed by atoms with E-state index in [9.17, 15) is 9.59 Å². The lowest BCUT2D eigenvalue weighted by Gasteiger charge is -2.21. The van der Waals surface area contributed by atoms with Gasteiger partial charge in [0.05, 0.1) is 30.8 Å². The van der Waals surface area contributed by atoms with Crippen molar-refractivity contribution in [3.63, 3.8) is 0 Å². The minimum absolute atomic E-state index is 0.0543. The molecule has 0 spiro atoms. The van der Waals surface area contributed by atoms with Gasteiger partial charge in [0.15, 0.2) is 0 Å². The predicted octanol–water partition coefficient (Wildman–Crippen LogP) is 6.06. The predicted molar refractivity (Wildman–Crippen MR) is 201 cm³/mol. The van der Waals surface area contributed by atoms with Gasteiger partial charge in [-0.2, -0.15) is 5.10 Å². The molecule has 8 heteroatoms. The number of allylic oxidation sites excluding steroid dienone is 8. The van der Waals surface area contributed by atoms with Crippen LogP contribution in [0.1, 0.15) is 36.5 Å². The summed E-state index contributed by atoms with van der Waals surface area (Å²) in [5, 5.41) is 9.00. The molecule has 3 aliphatic rings. The summed E-state index contributed by atoms with van der Waals surface area (Å²) < 4.78 is 20.8. The van der Waals surface area contributed by atoms with Gasteiger partial charge in [-0.25, -0.2) is 5.01 Å². The number of benzene rings is 3. The second-order valence-corrected chi connectivity index (χ2v) is 12.4. The number of anilines is 2. The van der Waals surface area contributed by atoms with E-state index in [0.29, 0.717) is 52.1 Å². The van der Waals surface area contributed by atoms with Crippen LogP contribution in [-0.2, 0) is 41.4 Å². The maximum Gasteiger partial charge on any atom is 0.306 e. The van der Waals surface area contributed by atoms with E-state index in [0.717, 1.165) is 49.6 Å². The fraction of sp³-hybridized carbons (Fsp3) is 0.256. The average Bonchev–Trinajstić information content (AvgIpc) is 4.10. The fourth-order valence-electron chi connectivity index (χ4n) is 5.48. The summed E-state index contributed by atoms with van der Waals surface area (Å²) in [6.45, 7) is 7.83. The Balaban J connectivity index is 1.26. The Kier molecular flexibility index (Phi) is 12.1. The Morgan fingerprint density at radius 3 is 2.00 bits per heavy atom. The topological polar surface area (TPSA) is 93.3 Å². The van der Waals surface area contributed by atoms with Crippen LogP contribution in [0.3, 0.4) is 0 Å². The van der Waals surface area contributed by atoms with E-state index in [2.05, 4.69) is 36.6 Å². The summed E-state index contributed by atoms with van der Waals surface area (Å²) in [6.07, 6.45) is 17.5. The van der Waals surface area contributed by atoms with Gasteiger partial charge in [0.2, 0.25) is 0 Å². The molecule has 51 heavy (non-hydrogen) atoms. The van der Waals surface area contributed by atoms with E-state index in [-0.39, 0.29) is 24.1 Å². The lowest BCUT2D eigenvalue weighted by molar-refractivity contribution is -0.144. The molecule has 0 radical (unpaired) electrons. The summed E-state index contributed by atoms with van der Waals surface area (Å²) >= 11 is 0. The first-order valence-electron chi connectivity index (χ1n) is 17.3. The molecule has 2 fully saturated rings. The van der Waals surface area contributed by atoms with Crippen LogP contribution in [0, 0.1) is 0 Å². The zero-order valence-electron chi connectivity index (χ0n) is 28.8. The molecule has 2 aliphatic heterocycles. The molecular formula is C43H42N2O6. The van der Waals surface area contributed by atoms with Gasteiger partial charge in [-0.05, 0) is 77.6 Å². The molecule has 3 aromatic carbocycles. The number of epoxide rings is 2. The van der Waals surface area contributed by atoms with Crippen LogP contribution in [0.2, 0.25) is 0 Å². The zero-order valence-corrected chi connectivity index (χ0v) is 28.8. The number of rotatable bonds is 17. The van der Waals surface area contributed by atoms with Crippen LogP contribution in [0.5, 0.6) is 0 Å². The number of aryl methyl sites for hydroxylation is 2. The number of hydrazone groups is 1. The quantitative estimate of drug-likeness (QED) is 0.0562. The Bertz CT molecular complexity index is 1930. The van der Waals surface area contributed by atoms with Crippen molar-refractivity contribution in [1.82, 2.24) is 0 Å². The van der Waals surface area contributed by atoms with E-state index >= 15 is 0 Å². The van der Waals surface area contributed by atoms with Gasteiger partial charge in [-0.15, -0.1) is 5.73 Å². The third kappa shape index (κ3) is 10.2. The standard InChI is InChI=1S/C43H42N2O6/c1-3-5-8-33-9-7-11-41-39(10-6-4-2)34(18-23-40(33)41)26-44-45(35-19-12-31(13-20-35)16-24-42(46)50-29-37-27-48-37)36-21-14-32(15-22-36)17-25-43(47)51-30-38-28-49-38/h3-15,18-22,26,37-38H,2,16-17,24-25,27-30H2,1H3/b5-3-,10-6-,33-8-,44-26?. The number of nitrogens with zero attached hydrogens (tertiary/aromatic N) is 2. The summed E-state index contributed by atoms with van der Waals surface area (Å²) in [5.74, 6) is -0.460. The van der Waals surface area contributed by atoms with Crippen LogP contribution in [0.15, 0.2) is 120 Å². The van der Waals surface area contributed by atoms with Crippen LogP contribution in [0.4, 0.5) is 11.4 Å². The van der Waals surface area contributed by atoms with Crippen LogP contribution in [-0.4, -0.2) is 56.8 Å². The molecule has 0 saturated carbocycles. The third-order valence-corrected chi connectivity index (χ3v) is 8.51. The summed E-state index contributed by atoms with van der Waals surface area (Å²) in [4.78, 5) is 24.4. The number of ether oxygens (including phenoxy) is 4. The maximum atomic E-state index is 12.2. The van der Waals surface area contributed by atoms with Gasteiger partial charge in [0.25, 0.3) is 0 Å². The number of carbonyl (C=O) groups excluding carboxylic acids is 2. The van der Waals surface area contributed by atoms with Gasteiger partial charge in [0, 0.05) is 23.6 Å². The molecule has 2 atom stereocenters. The summed E-state index contributed by atoms with van der Waals surface area (Å²) in [6, 6.07) is 22.2. The van der Waals surface area contributed by atoms with Crippen molar-refractivity contribution in [2.45, 2.75) is 44.8 Å². The second kappa shape index (κ2) is 17.4. The molecule has 2 unspecified atom stereocenters. The molecule has 0 amide bonds. The Morgan fingerprint density at radius 1 is 0.882 bits per heavy atom. The molecular weight excluding hydrogens is 640 g/mol. The third-order valence-electron chi connectivity index (χ3n) is 8.51. The first-order chi connectivity index (χ1) is 25.0. The van der Waals surface area contributed by atoms with E-state index in [1.807, 2.05) is 97.1 Å². The Morgan fingerprint density at radius 2 is 1.47 bits per heavy atom. The van der Waals surface area contributed by atoms with E-state index in [1.165, 1.54) is 0 Å². The number of esters is 2. The number of hydrogen-bond acceptors (Lipinski definition) is 8. The monoisotopic (exact) mass is 682 g/mol. The van der Waals surface area contributed by atoms with Crippen LogP contribution in [0.25, 0.3) is 17.4 Å². The molecule has 2 saturated heterocycles. The van der Waals surface area contributed by atoms with Crippen molar-refractivity contribution in [1.29, 1.82) is 0 Å². The molecule has 1 aliphatic carbocycles. The molecule has 2 heterocycles. The van der Waals surface area contributed by atoms with Crippen molar-refractivity contribution in [2.75, 3.05) is 31.4 Å². The largest absolute Gasteiger partial charge is 0.463 e. The first kappa shape index (κ1) is 35.3. The van der Waals surface area contributed by atoms with Gasteiger partial charge < -0.3 is 18.9 Å². The summed E-state index contributed by atoms with van der Waals surface area (Å²) in [7, 11) is 0. The van der Waals surface area contributed by atoms with E-state index in [4.69, 9.17) is 24.0 Å². The molecule has 6 rings (SSSR count). The highest BCUT2D eigenvalue weighted by Gasteiger charge is 2.25. The van der Waals surface area contributed by atoms with Crippen molar-refractivity contribution < 1.29 is 28.5 Å². The Labute approximate surface area is 298 Å². The first-order valence-corrected chi connectivity index (χ1v) is 17.3. The number of fused-ring (bicyclic) bond motifs is 1. The molecule has 0 bridgehead atoms. The highest BCUT2D eigenvalue weighted by Crippen LogP contribution is 2.28. The highest BCUT2D eigenvalue weighted by atomic mass is 16.6. The summed E-state index contributed by atoms with van der Waals surface area (Å²) in [5.41, 5.74) is 10.2. The number of hydrogen-bond donors (Lipinski definition) is 0. The molecule has 8 nitrogen and oxygen atoms in total. The van der Waals surface area contributed by atoms with Crippen molar-refractivity contribution in [2.24, 2.45) is 5.10 Å². The van der Waals surface area contributed by atoms with Crippen LogP contribution >= 0.6 is 0 Å². The highest BCUT2D eigenvalue weighted by molar-refractivity contribution is 5.99. The minimum atomic E-state index is -0.230. The Hall–Kier alpha value is -5.53. The fourth-order valence-corrected chi connectivity index (χ4v) is 5.48. The van der Waals surface area contributed by atoms with Gasteiger partial charge in [-0.3, -0.25) is 9.59 Å². The van der Waals surface area contributed by atoms with Crippen LogP contribution < -0.4 is 15.4 Å². The van der Waals surface area contributed by atoms with Gasteiger partial charge >= 0.3 is 11.9 Å². The molecule has 260 valence electrons. The zero-order chi connectivity index (χ0) is 35.4.